The SMILES string of the molecule is CCOc1cc([C@H]2C(C(=O)OC(C)C)=C(C)NC3=C2C(=O)C[C@H](c2ccccc2)C3)ccc1OC(C)=O. The highest BCUT2D eigenvalue weighted by Gasteiger charge is 2.41. The number of allylic oxidation sites excluding steroid dienone is 3. The molecule has 2 aromatic carbocycles. The first kappa shape index (κ1) is 26.2. The number of benzene rings is 2. The van der Waals surface area contributed by atoms with Crippen LogP contribution in [0.4, 0.5) is 0 Å². The van der Waals surface area contributed by atoms with E-state index in [1.807, 2.05) is 44.2 Å². The molecule has 0 fully saturated rings. The van der Waals surface area contributed by atoms with Gasteiger partial charge < -0.3 is 19.5 Å². The van der Waals surface area contributed by atoms with E-state index in [9.17, 15) is 14.4 Å². The molecule has 1 aliphatic heterocycles. The van der Waals surface area contributed by atoms with Crippen LogP contribution < -0.4 is 14.8 Å². The molecule has 0 unspecified atom stereocenters. The summed E-state index contributed by atoms with van der Waals surface area (Å²) < 4.78 is 16.7. The third kappa shape index (κ3) is 5.61. The fourth-order valence-corrected chi connectivity index (χ4v) is 5.09. The van der Waals surface area contributed by atoms with Crippen molar-refractivity contribution in [3.05, 3.63) is 82.2 Å². The molecule has 0 saturated carbocycles. The smallest absolute Gasteiger partial charge is 0.337 e. The van der Waals surface area contributed by atoms with Crippen molar-refractivity contribution < 1.29 is 28.6 Å². The van der Waals surface area contributed by atoms with E-state index in [1.54, 1.807) is 32.0 Å². The number of rotatable bonds is 7. The summed E-state index contributed by atoms with van der Waals surface area (Å²) in [6, 6.07) is 15.2. The van der Waals surface area contributed by atoms with Crippen molar-refractivity contribution >= 4 is 17.7 Å². The number of ether oxygens (including phenoxy) is 3. The van der Waals surface area contributed by atoms with Crippen LogP contribution in [0.5, 0.6) is 11.5 Å². The summed E-state index contributed by atoms with van der Waals surface area (Å²) >= 11 is 0. The molecule has 37 heavy (non-hydrogen) atoms. The zero-order valence-corrected chi connectivity index (χ0v) is 21.9. The van der Waals surface area contributed by atoms with Crippen molar-refractivity contribution in [1.29, 1.82) is 0 Å². The van der Waals surface area contributed by atoms with Gasteiger partial charge in [0.1, 0.15) is 0 Å². The molecular formula is C30H33NO6. The van der Waals surface area contributed by atoms with Gasteiger partial charge >= 0.3 is 11.9 Å². The molecule has 0 aromatic heterocycles. The van der Waals surface area contributed by atoms with E-state index in [0.29, 0.717) is 47.6 Å². The number of dihydropyridines is 1. The van der Waals surface area contributed by atoms with Crippen LogP contribution in [-0.4, -0.2) is 30.4 Å². The Morgan fingerprint density at radius 3 is 2.41 bits per heavy atom. The number of carbonyl (C=O) groups excluding carboxylic acids is 3. The third-order valence-corrected chi connectivity index (χ3v) is 6.52. The van der Waals surface area contributed by atoms with Crippen LogP contribution in [0.15, 0.2) is 71.1 Å². The number of nitrogens with one attached hydrogen (secondary N) is 1. The highest BCUT2D eigenvalue weighted by Crippen LogP contribution is 2.47. The molecule has 0 spiro atoms. The highest BCUT2D eigenvalue weighted by molar-refractivity contribution is 6.04. The second-order valence-corrected chi connectivity index (χ2v) is 9.61. The van der Waals surface area contributed by atoms with Crippen LogP contribution >= 0.6 is 0 Å². The van der Waals surface area contributed by atoms with E-state index in [-0.39, 0.29) is 23.6 Å². The molecule has 0 amide bonds. The first-order chi connectivity index (χ1) is 17.7. The van der Waals surface area contributed by atoms with E-state index in [1.165, 1.54) is 6.92 Å². The van der Waals surface area contributed by atoms with Gasteiger partial charge in [-0.1, -0.05) is 36.4 Å². The number of carbonyl (C=O) groups is 3. The molecule has 2 aliphatic rings. The van der Waals surface area contributed by atoms with Crippen LogP contribution in [0.1, 0.15) is 70.4 Å². The van der Waals surface area contributed by atoms with Gasteiger partial charge in [0.15, 0.2) is 17.3 Å². The maximum Gasteiger partial charge on any atom is 0.337 e. The van der Waals surface area contributed by atoms with Crippen molar-refractivity contribution in [1.82, 2.24) is 5.32 Å². The summed E-state index contributed by atoms with van der Waals surface area (Å²) in [7, 11) is 0. The Labute approximate surface area is 217 Å². The molecule has 4 rings (SSSR count). The number of Topliss-reactive ketones (excluding diaryl/α,β-unsaturated/α-hetero) is 1. The Kier molecular flexibility index (Phi) is 7.81. The summed E-state index contributed by atoms with van der Waals surface area (Å²) in [5.41, 5.74) is 4.22. The van der Waals surface area contributed by atoms with Gasteiger partial charge in [-0.25, -0.2) is 4.79 Å². The number of ketones is 1. The van der Waals surface area contributed by atoms with E-state index < -0.39 is 17.9 Å². The Morgan fingerprint density at radius 2 is 1.76 bits per heavy atom. The minimum Gasteiger partial charge on any atom is -0.490 e. The van der Waals surface area contributed by atoms with Gasteiger partial charge in [-0.2, -0.15) is 0 Å². The van der Waals surface area contributed by atoms with Crippen LogP contribution in [0, 0.1) is 0 Å². The lowest BCUT2D eigenvalue weighted by Gasteiger charge is -2.37. The molecule has 0 bridgehead atoms. The Hall–Kier alpha value is -3.87. The molecule has 1 heterocycles. The zero-order chi connectivity index (χ0) is 26.7. The fraction of sp³-hybridized carbons (Fsp3) is 0.367. The van der Waals surface area contributed by atoms with Crippen molar-refractivity contribution in [3.63, 3.8) is 0 Å². The largest absolute Gasteiger partial charge is 0.490 e. The van der Waals surface area contributed by atoms with Gasteiger partial charge in [0, 0.05) is 36.2 Å². The van der Waals surface area contributed by atoms with E-state index in [2.05, 4.69) is 5.32 Å². The van der Waals surface area contributed by atoms with E-state index in [0.717, 1.165) is 11.3 Å². The van der Waals surface area contributed by atoms with Crippen LogP contribution in [0.25, 0.3) is 0 Å². The van der Waals surface area contributed by atoms with Gasteiger partial charge in [0.25, 0.3) is 0 Å². The molecule has 0 radical (unpaired) electrons. The maximum atomic E-state index is 13.7. The number of esters is 2. The quantitative estimate of drug-likeness (QED) is 0.404. The molecular weight excluding hydrogens is 470 g/mol. The monoisotopic (exact) mass is 503 g/mol. The maximum absolute atomic E-state index is 13.7. The standard InChI is InChI=1S/C30H33NO6/c1-6-35-26-16-21(12-13-25(26)37-19(5)32)28-27(30(34)36-17(2)3)18(4)31-23-14-22(15-24(33)29(23)28)20-10-8-7-9-11-20/h7-13,16-17,22,28,31H,6,14-15H2,1-5H3/t22-,28+/m1/s1. The van der Waals surface area contributed by atoms with Gasteiger partial charge in [-0.05, 0) is 63.3 Å². The minimum absolute atomic E-state index is 0.0167. The average molecular weight is 504 g/mol. The Bertz CT molecular complexity index is 1270. The minimum atomic E-state index is -0.641. The van der Waals surface area contributed by atoms with Crippen molar-refractivity contribution in [2.45, 2.75) is 65.4 Å². The van der Waals surface area contributed by atoms with Gasteiger partial charge in [-0.3, -0.25) is 9.59 Å². The Balaban J connectivity index is 1.83. The summed E-state index contributed by atoms with van der Waals surface area (Å²) in [6.07, 6.45) is 0.671. The molecule has 7 nitrogen and oxygen atoms in total. The van der Waals surface area contributed by atoms with E-state index >= 15 is 0 Å². The summed E-state index contributed by atoms with van der Waals surface area (Å²) in [6.45, 7) is 8.93. The van der Waals surface area contributed by atoms with Crippen molar-refractivity contribution in [3.8, 4) is 11.5 Å². The lowest BCUT2D eigenvalue weighted by atomic mass is 9.71. The Morgan fingerprint density at radius 1 is 1.03 bits per heavy atom. The number of hydrogen-bond donors (Lipinski definition) is 1. The lowest BCUT2D eigenvalue weighted by Crippen LogP contribution is -2.36. The highest BCUT2D eigenvalue weighted by atomic mass is 16.6. The third-order valence-electron chi connectivity index (χ3n) is 6.52. The predicted octanol–water partition coefficient (Wildman–Crippen LogP) is 5.32. The summed E-state index contributed by atoms with van der Waals surface area (Å²) in [5, 5.41) is 3.37. The molecule has 2 atom stereocenters. The number of hydrogen-bond acceptors (Lipinski definition) is 7. The molecule has 7 heteroatoms. The van der Waals surface area contributed by atoms with Gasteiger partial charge in [-0.15, -0.1) is 0 Å². The first-order valence-corrected chi connectivity index (χ1v) is 12.6. The average Bonchev–Trinajstić information content (AvgIpc) is 2.84. The first-order valence-electron chi connectivity index (χ1n) is 12.6. The van der Waals surface area contributed by atoms with E-state index in [4.69, 9.17) is 14.2 Å². The molecule has 1 aliphatic carbocycles. The summed E-state index contributed by atoms with van der Waals surface area (Å²) in [5.74, 6) is -0.900. The zero-order valence-electron chi connectivity index (χ0n) is 21.9. The van der Waals surface area contributed by atoms with Crippen LogP contribution in [0.3, 0.4) is 0 Å². The lowest BCUT2D eigenvalue weighted by molar-refractivity contribution is -0.143. The topological polar surface area (TPSA) is 90.9 Å². The van der Waals surface area contributed by atoms with Crippen molar-refractivity contribution in [2.24, 2.45) is 0 Å². The van der Waals surface area contributed by atoms with Crippen LogP contribution in [-0.2, 0) is 19.1 Å². The van der Waals surface area contributed by atoms with Gasteiger partial charge in [0.2, 0.25) is 0 Å². The molecule has 1 N–H and O–H groups in total. The molecule has 194 valence electrons. The fourth-order valence-electron chi connectivity index (χ4n) is 5.09. The predicted molar refractivity (Wildman–Crippen MR) is 139 cm³/mol. The van der Waals surface area contributed by atoms with Gasteiger partial charge in [0.05, 0.1) is 18.3 Å². The second-order valence-electron chi connectivity index (χ2n) is 9.61. The normalized spacial score (nSPS) is 19.4. The molecule has 0 saturated heterocycles. The van der Waals surface area contributed by atoms with Crippen molar-refractivity contribution in [2.75, 3.05) is 6.61 Å². The van der Waals surface area contributed by atoms with Crippen LogP contribution in [0.2, 0.25) is 0 Å². The second kappa shape index (κ2) is 11.0. The molecule has 2 aromatic rings. The summed E-state index contributed by atoms with van der Waals surface area (Å²) in [4.78, 5) is 38.7.